The molecule has 2 heterocycles. The van der Waals surface area contributed by atoms with Gasteiger partial charge in [-0.1, -0.05) is 24.3 Å². The van der Waals surface area contributed by atoms with E-state index < -0.39 is 0 Å². The number of benzene rings is 1. The van der Waals surface area contributed by atoms with Crippen molar-refractivity contribution in [2.45, 2.75) is 0 Å². The number of thiazole rings is 1. The van der Waals surface area contributed by atoms with Gasteiger partial charge in [-0.25, -0.2) is 4.98 Å². The standard InChI is InChI=1S/C15H11N3OS/c19-13(18-15-17-9-10-20-15)7-6-12-4-1-3-11-5-2-8-16-14(11)12/h1-10H,(H,17,18,19)/b7-6+. The zero-order valence-electron chi connectivity index (χ0n) is 10.5. The van der Waals surface area contributed by atoms with E-state index in [0.717, 1.165) is 16.5 Å². The highest BCUT2D eigenvalue weighted by Gasteiger charge is 2.01. The van der Waals surface area contributed by atoms with Crippen LogP contribution in [0.15, 0.2) is 54.2 Å². The molecule has 0 spiro atoms. The fourth-order valence-electron chi connectivity index (χ4n) is 1.86. The van der Waals surface area contributed by atoms with Crippen LogP contribution in [0.25, 0.3) is 17.0 Å². The van der Waals surface area contributed by atoms with Crippen molar-refractivity contribution >= 4 is 39.4 Å². The summed E-state index contributed by atoms with van der Waals surface area (Å²) in [5.41, 5.74) is 1.80. The molecular weight excluding hydrogens is 270 g/mol. The van der Waals surface area contributed by atoms with E-state index >= 15 is 0 Å². The highest BCUT2D eigenvalue weighted by molar-refractivity contribution is 7.13. The first-order valence-corrected chi connectivity index (χ1v) is 6.93. The number of rotatable bonds is 3. The Bertz CT molecular complexity index is 760. The highest BCUT2D eigenvalue weighted by atomic mass is 32.1. The molecule has 98 valence electrons. The Hall–Kier alpha value is -2.53. The van der Waals surface area contributed by atoms with Gasteiger partial charge in [0.2, 0.25) is 5.91 Å². The number of carbonyl (C=O) groups excluding carboxylic acids is 1. The van der Waals surface area contributed by atoms with Gasteiger partial charge in [-0.2, -0.15) is 0 Å². The van der Waals surface area contributed by atoms with Crippen molar-refractivity contribution in [2.24, 2.45) is 0 Å². The van der Waals surface area contributed by atoms with Crippen LogP contribution in [0.2, 0.25) is 0 Å². The SMILES string of the molecule is O=C(/C=C/c1cccc2cccnc12)Nc1nccs1. The van der Waals surface area contributed by atoms with Crippen LogP contribution in [0.4, 0.5) is 5.13 Å². The number of para-hydroxylation sites is 1. The smallest absolute Gasteiger partial charge is 0.250 e. The number of pyridine rings is 1. The van der Waals surface area contributed by atoms with Gasteiger partial charge in [0.25, 0.3) is 0 Å². The maximum Gasteiger partial charge on any atom is 0.250 e. The van der Waals surface area contributed by atoms with Crippen LogP contribution in [-0.4, -0.2) is 15.9 Å². The second-order valence-electron chi connectivity index (χ2n) is 4.08. The van der Waals surface area contributed by atoms with Crippen LogP contribution in [0.3, 0.4) is 0 Å². The van der Waals surface area contributed by atoms with Crippen LogP contribution in [0.1, 0.15) is 5.56 Å². The van der Waals surface area contributed by atoms with Gasteiger partial charge in [0.15, 0.2) is 5.13 Å². The van der Waals surface area contributed by atoms with E-state index in [9.17, 15) is 4.79 Å². The van der Waals surface area contributed by atoms with Gasteiger partial charge in [0.1, 0.15) is 0 Å². The van der Waals surface area contributed by atoms with Crippen molar-refractivity contribution in [1.82, 2.24) is 9.97 Å². The van der Waals surface area contributed by atoms with Crippen LogP contribution in [-0.2, 0) is 4.79 Å². The monoisotopic (exact) mass is 281 g/mol. The number of amides is 1. The summed E-state index contributed by atoms with van der Waals surface area (Å²) in [6, 6.07) is 9.76. The molecule has 0 fully saturated rings. The lowest BCUT2D eigenvalue weighted by Gasteiger charge is -2.00. The lowest BCUT2D eigenvalue weighted by atomic mass is 10.1. The van der Waals surface area contributed by atoms with E-state index in [4.69, 9.17) is 0 Å². The van der Waals surface area contributed by atoms with Crippen molar-refractivity contribution < 1.29 is 4.79 Å². The second-order valence-corrected chi connectivity index (χ2v) is 4.98. The average molecular weight is 281 g/mol. The first-order valence-electron chi connectivity index (χ1n) is 6.05. The number of hydrogen-bond donors (Lipinski definition) is 1. The molecule has 0 aliphatic rings. The number of aromatic nitrogens is 2. The number of nitrogens with one attached hydrogen (secondary N) is 1. The molecule has 5 heteroatoms. The molecule has 0 saturated carbocycles. The normalized spacial score (nSPS) is 11.0. The predicted octanol–water partition coefficient (Wildman–Crippen LogP) is 3.34. The van der Waals surface area contributed by atoms with Crippen molar-refractivity contribution in [1.29, 1.82) is 0 Å². The molecule has 1 N–H and O–H groups in total. The summed E-state index contributed by atoms with van der Waals surface area (Å²) in [7, 11) is 0. The molecule has 1 aromatic carbocycles. The fourth-order valence-corrected chi connectivity index (χ4v) is 2.39. The molecule has 0 radical (unpaired) electrons. The Kier molecular flexibility index (Phi) is 3.52. The van der Waals surface area contributed by atoms with E-state index in [-0.39, 0.29) is 5.91 Å². The number of anilines is 1. The lowest BCUT2D eigenvalue weighted by molar-refractivity contribution is -0.111. The van der Waals surface area contributed by atoms with Gasteiger partial charge in [0, 0.05) is 34.8 Å². The third kappa shape index (κ3) is 2.73. The molecular formula is C15H11N3OS. The predicted molar refractivity (Wildman–Crippen MR) is 81.5 cm³/mol. The van der Waals surface area contributed by atoms with Gasteiger partial charge >= 0.3 is 0 Å². The van der Waals surface area contributed by atoms with Gasteiger partial charge in [0.05, 0.1) is 5.52 Å². The van der Waals surface area contributed by atoms with E-state index in [2.05, 4.69) is 15.3 Å². The van der Waals surface area contributed by atoms with Gasteiger partial charge in [-0.05, 0) is 12.1 Å². The Morgan fingerprint density at radius 3 is 2.90 bits per heavy atom. The van der Waals surface area contributed by atoms with Crippen molar-refractivity contribution in [3.8, 4) is 0 Å². The molecule has 1 amide bonds. The zero-order chi connectivity index (χ0) is 13.8. The summed E-state index contributed by atoms with van der Waals surface area (Å²) in [6.07, 6.45) is 6.65. The number of fused-ring (bicyclic) bond motifs is 1. The molecule has 0 atom stereocenters. The minimum Gasteiger partial charge on any atom is -0.298 e. The molecule has 3 aromatic rings. The molecule has 0 unspecified atom stereocenters. The van der Waals surface area contributed by atoms with Crippen LogP contribution in [0.5, 0.6) is 0 Å². The van der Waals surface area contributed by atoms with Crippen LogP contribution >= 0.6 is 11.3 Å². The number of nitrogens with zero attached hydrogens (tertiary/aromatic N) is 2. The summed E-state index contributed by atoms with van der Waals surface area (Å²) < 4.78 is 0. The molecule has 20 heavy (non-hydrogen) atoms. The van der Waals surface area contributed by atoms with E-state index in [1.54, 1.807) is 18.5 Å². The third-order valence-electron chi connectivity index (χ3n) is 2.74. The lowest BCUT2D eigenvalue weighted by Crippen LogP contribution is -2.07. The molecule has 2 aromatic heterocycles. The van der Waals surface area contributed by atoms with Gasteiger partial charge in [-0.3, -0.25) is 15.1 Å². The molecule has 0 aliphatic carbocycles. The van der Waals surface area contributed by atoms with Crippen molar-refractivity contribution in [3.63, 3.8) is 0 Å². The third-order valence-corrected chi connectivity index (χ3v) is 3.43. The van der Waals surface area contributed by atoms with Gasteiger partial charge in [-0.15, -0.1) is 11.3 Å². The minimum absolute atomic E-state index is 0.201. The Morgan fingerprint density at radius 2 is 2.05 bits per heavy atom. The highest BCUT2D eigenvalue weighted by Crippen LogP contribution is 2.17. The van der Waals surface area contributed by atoms with E-state index in [1.807, 2.05) is 35.7 Å². The molecule has 0 bridgehead atoms. The Labute approximate surface area is 119 Å². The summed E-state index contributed by atoms with van der Waals surface area (Å²) in [5, 5.41) is 6.16. The molecule has 3 rings (SSSR count). The average Bonchev–Trinajstić information content (AvgIpc) is 2.98. The summed E-state index contributed by atoms with van der Waals surface area (Å²) in [6.45, 7) is 0. The first-order chi connectivity index (χ1) is 9.83. The maximum absolute atomic E-state index is 11.8. The van der Waals surface area contributed by atoms with Crippen molar-refractivity contribution in [2.75, 3.05) is 5.32 Å². The summed E-state index contributed by atoms with van der Waals surface area (Å²) in [4.78, 5) is 20.1. The molecule has 0 saturated heterocycles. The maximum atomic E-state index is 11.8. The van der Waals surface area contributed by atoms with E-state index in [0.29, 0.717) is 5.13 Å². The van der Waals surface area contributed by atoms with Crippen LogP contribution in [0, 0.1) is 0 Å². The topological polar surface area (TPSA) is 54.9 Å². The summed E-state index contributed by atoms with van der Waals surface area (Å²) in [5.74, 6) is -0.201. The van der Waals surface area contributed by atoms with Crippen molar-refractivity contribution in [3.05, 3.63) is 59.7 Å². The largest absolute Gasteiger partial charge is 0.298 e. The minimum atomic E-state index is -0.201. The summed E-state index contributed by atoms with van der Waals surface area (Å²) >= 11 is 1.39. The Balaban J connectivity index is 1.82. The molecule has 4 nitrogen and oxygen atoms in total. The number of hydrogen-bond acceptors (Lipinski definition) is 4. The number of carbonyl (C=O) groups is 1. The van der Waals surface area contributed by atoms with Crippen LogP contribution < -0.4 is 5.32 Å². The first kappa shape index (κ1) is 12.5. The zero-order valence-corrected chi connectivity index (χ0v) is 11.3. The second kappa shape index (κ2) is 5.63. The molecule has 0 aliphatic heterocycles. The van der Waals surface area contributed by atoms with Gasteiger partial charge < -0.3 is 0 Å². The fraction of sp³-hybridized carbons (Fsp3) is 0. The Morgan fingerprint density at radius 1 is 1.15 bits per heavy atom. The quantitative estimate of drug-likeness (QED) is 0.749. The van der Waals surface area contributed by atoms with E-state index in [1.165, 1.54) is 17.4 Å².